The SMILES string of the molecule is CCCCN(C(=O)CNCCOC)C(C)c1ccccc1.Cl. The van der Waals surface area contributed by atoms with Crippen LogP contribution in [0.25, 0.3) is 0 Å². The smallest absolute Gasteiger partial charge is 0.237 e. The van der Waals surface area contributed by atoms with Crippen molar-refractivity contribution >= 4 is 18.3 Å². The number of nitrogens with zero attached hydrogens (tertiary/aromatic N) is 1. The molecular weight excluding hydrogens is 300 g/mol. The number of halogens is 1. The monoisotopic (exact) mass is 328 g/mol. The van der Waals surface area contributed by atoms with Crippen molar-refractivity contribution in [1.29, 1.82) is 0 Å². The van der Waals surface area contributed by atoms with Gasteiger partial charge in [0, 0.05) is 20.2 Å². The Bertz CT molecular complexity index is 401. The Kier molecular flexibility index (Phi) is 11.8. The van der Waals surface area contributed by atoms with Crippen molar-refractivity contribution in [3.8, 4) is 0 Å². The lowest BCUT2D eigenvalue weighted by molar-refractivity contribution is -0.132. The van der Waals surface area contributed by atoms with E-state index < -0.39 is 0 Å². The zero-order valence-electron chi connectivity index (χ0n) is 13.9. The second kappa shape index (κ2) is 12.4. The van der Waals surface area contributed by atoms with Gasteiger partial charge in [-0.05, 0) is 18.9 Å². The molecule has 1 unspecified atom stereocenters. The van der Waals surface area contributed by atoms with Crippen LogP contribution in [0.5, 0.6) is 0 Å². The molecule has 1 aromatic carbocycles. The molecule has 0 aliphatic heterocycles. The van der Waals surface area contributed by atoms with Crippen LogP contribution in [0.4, 0.5) is 0 Å². The number of rotatable bonds is 10. The summed E-state index contributed by atoms with van der Waals surface area (Å²) < 4.78 is 4.98. The largest absolute Gasteiger partial charge is 0.383 e. The first-order valence-corrected chi connectivity index (χ1v) is 7.74. The summed E-state index contributed by atoms with van der Waals surface area (Å²) >= 11 is 0. The normalized spacial score (nSPS) is 11.6. The van der Waals surface area contributed by atoms with Crippen molar-refractivity contribution in [2.24, 2.45) is 0 Å². The molecule has 0 saturated carbocycles. The van der Waals surface area contributed by atoms with Gasteiger partial charge in [-0.2, -0.15) is 0 Å². The molecule has 0 radical (unpaired) electrons. The molecule has 0 fully saturated rings. The van der Waals surface area contributed by atoms with Crippen molar-refractivity contribution in [2.75, 3.05) is 33.4 Å². The lowest BCUT2D eigenvalue weighted by Gasteiger charge is -2.30. The van der Waals surface area contributed by atoms with E-state index in [4.69, 9.17) is 4.74 Å². The fourth-order valence-corrected chi connectivity index (χ4v) is 2.25. The van der Waals surface area contributed by atoms with Crippen molar-refractivity contribution in [3.63, 3.8) is 0 Å². The Labute approximate surface area is 140 Å². The van der Waals surface area contributed by atoms with Crippen LogP contribution in [0.3, 0.4) is 0 Å². The topological polar surface area (TPSA) is 41.6 Å². The van der Waals surface area contributed by atoms with Crippen molar-refractivity contribution in [3.05, 3.63) is 35.9 Å². The number of hydrogen-bond donors (Lipinski definition) is 1. The van der Waals surface area contributed by atoms with Crippen molar-refractivity contribution < 1.29 is 9.53 Å². The summed E-state index contributed by atoms with van der Waals surface area (Å²) in [6, 6.07) is 10.3. The Morgan fingerprint density at radius 2 is 2.00 bits per heavy atom. The van der Waals surface area contributed by atoms with E-state index in [0.717, 1.165) is 19.4 Å². The summed E-state index contributed by atoms with van der Waals surface area (Å²) in [7, 11) is 1.66. The molecule has 1 N–H and O–H groups in total. The quantitative estimate of drug-likeness (QED) is 0.671. The van der Waals surface area contributed by atoms with E-state index in [1.165, 1.54) is 5.56 Å². The van der Waals surface area contributed by atoms with Gasteiger partial charge in [-0.15, -0.1) is 12.4 Å². The lowest BCUT2D eigenvalue weighted by Crippen LogP contribution is -2.41. The van der Waals surface area contributed by atoms with Gasteiger partial charge in [0.15, 0.2) is 0 Å². The number of ether oxygens (including phenoxy) is 1. The number of hydrogen-bond acceptors (Lipinski definition) is 3. The van der Waals surface area contributed by atoms with E-state index >= 15 is 0 Å². The third-order valence-corrected chi connectivity index (χ3v) is 3.58. The predicted octanol–water partition coefficient (Wildman–Crippen LogP) is 3.03. The third kappa shape index (κ3) is 7.25. The van der Waals surface area contributed by atoms with E-state index in [-0.39, 0.29) is 24.4 Å². The summed E-state index contributed by atoms with van der Waals surface area (Å²) in [5.74, 6) is 0.149. The highest BCUT2D eigenvalue weighted by Gasteiger charge is 2.20. The molecule has 126 valence electrons. The maximum atomic E-state index is 12.4. The number of carbonyl (C=O) groups excluding carboxylic acids is 1. The molecule has 0 heterocycles. The number of benzene rings is 1. The van der Waals surface area contributed by atoms with Gasteiger partial charge in [0.05, 0.1) is 19.2 Å². The highest BCUT2D eigenvalue weighted by molar-refractivity contribution is 5.85. The minimum absolute atomic E-state index is 0. The van der Waals surface area contributed by atoms with Crippen LogP contribution in [0.2, 0.25) is 0 Å². The molecule has 1 amide bonds. The molecule has 0 bridgehead atoms. The zero-order chi connectivity index (χ0) is 15.5. The molecular formula is C17H29ClN2O2. The zero-order valence-corrected chi connectivity index (χ0v) is 14.7. The molecule has 1 rings (SSSR count). The Morgan fingerprint density at radius 3 is 2.59 bits per heavy atom. The molecule has 4 nitrogen and oxygen atoms in total. The molecule has 22 heavy (non-hydrogen) atoms. The minimum Gasteiger partial charge on any atom is -0.383 e. The number of amides is 1. The van der Waals surface area contributed by atoms with Crippen molar-refractivity contribution in [2.45, 2.75) is 32.7 Å². The van der Waals surface area contributed by atoms with Crippen LogP contribution in [0.1, 0.15) is 38.3 Å². The second-order valence-corrected chi connectivity index (χ2v) is 5.20. The minimum atomic E-state index is 0. The highest BCUT2D eigenvalue weighted by atomic mass is 35.5. The number of carbonyl (C=O) groups is 1. The van der Waals surface area contributed by atoms with E-state index in [2.05, 4.69) is 31.3 Å². The molecule has 1 atom stereocenters. The van der Waals surface area contributed by atoms with Gasteiger partial charge in [0.1, 0.15) is 0 Å². The standard InChI is InChI=1S/C17H28N2O2.ClH/c1-4-5-12-19(17(20)14-18-11-13-21-3)15(2)16-9-7-6-8-10-16;/h6-10,15,18H,4-5,11-14H2,1-3H3;1H. The highest BCUT2D eigenvalue weighted by Crippen LogP contribution is 2.20. The summed E-state index contributed by atoms with van der Waals surface area (Å²) in [4.78, 5) is 14.4. The van der Waals surface area contributed by atoms with Gasteiger partial charge in [-0.25, -0.2) is 0 Å². The Hall–Kier alpha value is -1.10. The first-order chi connectivity index (χ1) is 10.2. The average molecular weight is 329 g/mol. The summed E-state index contributed by atoms with van der Waals surface area (Å²) in [5, 5.41) is 3.13. The van der Waals surface area contributed by atoms with Crippen LogP contribution < -0.4 is 5.32 Å². The van der Waals surface area contributed by atoms with Crippen molar-refractivity contribution in [1.82, 2.24) is 10.2 Å². The van der Waals surface area contributed by atoms with E-state index in [0.29, 0.717) is 19.7 Å². The Balaban J connectivity index is 0.00000441. The van der Waals surface area contributed by atoms with Crippen LogP contribution in [-0.4, -0.2) is 44.2 Å². The molecule has 0 spiro atoms. The summed E-state index contributed by atoms with van der Waals surface area (Å²) in [6.07, 6.45) is 2.11. The molecule has 0 aliphatic carbocycles. The maximum Gasteiger partial charge on any atom is 0.237 e. The van der Waals surface area contributed by atoms with Gasteiger partial charge >= 0.3 is 0 Å². The van der Waals surface area contributed by atoms with Gasteiger partial charge in [-0.3, -0.25) is 4.79 Å². The first kappa shape index (κ1) is 20.9. The Morgan fingerprint density at radius 1 is 1.32 bits per heavy atom. The van der Waals surface area contributed by atoms with Crippen LogP contribution in [0.15, 0.2) is 30.3 Å². The van der Waals surface area contributed by atoms with Gasteiger partial charge in [0.25, 0.3) is 0 Å². The molecule has 0 aliphatic rings. The average Bonchev–Trinajstić information content (AvgIpc) is 2.52. The number of nitrogens with one attached hydrogen (secondary N) is 1. The second-order valence-electron chi connectivity index (χ2n) is 5.20. The van der Waals surface area contributed by atoms with Gasteiger partial charge in [-0.1, -0.05) is 43.7 Å². The van der Waals surface area contributed by atoms with Crippen LogP contribution in [0, 0.1) is 0 Å². The summed E-state index contributed by atoms with van der Waals surface area (Å²) in [6.45, 7) is 6.73. The third-order valence-electron chi connectivity index (χ3n) is 3.58. The van der Waals surface area contributed by atoms with Gasteiger partial charge < -0.3 is 15.0 Å². The maximum absolute atomic E-state index is 12.4. The molecule has 1 aromatic rings. The molecule has 5 heteroatoms. The first-order valence-electron chi connectivity index (χ1n) is 7.74. The van der Waals surface area contributed by atoms with Crippen LogP contribution >= 0.6 is 12.4 Å². The fourth-order valence-electron chi connectivity index (χ4n) is 2.25. The van der Waals surface area contributed by atoms with Crippen LogP contribution in [-0.2, 0) is 9.53 Å². The predicted molar refractivity (Wildman–Crippen MR) is 93.5 cm³/mol. The number of methoxy groups -OCH3 is 1. The summed E-state index contributed by atoms with van der Waals surface area (Å²) in [5.41, 5.74) is 1.18. The van der Waals surface area contributed by atoms with Gasteiger partial charge in [0.2, 0.25) is 5.91 Å². The number of unbranched alkanes of at least 4 members (excludes halogenated alkanes) is 1. The van der Waals surface area contributed by atoms with E-state index in [1.54, 1.807) is 7.11 Å². The fraction of sp³-hybridized carbons (Fsp3) is 0.588. The molecule has 0 aromatic heterocycles. The van der Waals surface area contributed by atoms with E-state index in [9.17, 15) is 4.79 Å². The molecule has 0 saturated heterocycles. The van der Waals surface area contributed by atoms with E-state index in [1.807, 2.05) is 23.1 Å². The lowest BCUT2D eigenvalue weighted by atomic mass is 10.1.